The van der Waals surface area contributed by atoms with Gasteiger partial charge in [0, 0.05) is 32.1 Å². The molecule has 2 saturated heterocycles. The van der Waals surface area contributed by atoms with Crippen LogP contribution in [0.5, 0.6) is 0 Å². The molecule has 5 rings (SSSR count). The van der Waals surface area contributed by atoms with E-state index in [0.717, 1.165) is 55.1 Å². The summed E-state index contributed by atoms with van der Waals surface area (Å²) >= 11 is 1.89. The minimum atomic E-state index is -4.41. The molecule has 1 aromatic carbocycles. The Hall–Kier alpha value is -2.50. The summed E-state index contributed by atoms with van der Waals surface area (Å²) in [5.74, 6) is 2.62. The summed E-state index contributed by atoms with van der Waals surface area (Å²) in [6.07, 6.45) is 0.299. The van der Waals surface area contributed by atoms with Gasteiger partial charge in [0.15, 0.2) is 11.5 Å². The van der Waals surface area contributed by atoms with Gasteiger partial charge in [-0.3, -0.25) is 4.90 Å². The van der Waals surface area contributed by atoms with Gasteiger partial charge in [-0.2, -0.15) is 24.9 Å². The van der Waals surface area contributed by atoms with E-state index in [9.17, 15) is 13.2 Å². The number of benzene rings is 1. The van der Waals surface area contributed by atoms with Crippen molar-refractivity contribution in [1.82, 2.24) is 19.5 Å². The van der Waals surface area contributed by atoms with Crippen molar-refractivity contribution < 1.29 is 17.9 Å². The maximum atomic E-state index is 13.7. The Kier molecular flexibility index (Phi) is 8.06. The number of thioether (sulfide) groups is 1. The highest BCUT2D eigenvalue weighted by atomic mass is 32.2. The van der Waals surface area contributed by atoms with Crippen LogP contribution in [0.2, 0.25) is 0 Å². The van der Waals surface area contributed by atoms with Crippen molar-refractivity contribution in [1.29, 1.82) is 0 Å². The lowest BCUT2D eigenvalue weighted by Crippen LogP contribution is -2.37. The van der Waals surface area contributed by atoms with Gasteiger partial charge in [0.05, 0.1) is 35.9 Å². The van der Waals surface area contributed by atoms with E-state index in [4.69, 9.17) is 20.6 Å². The Balaban J connectivity index is 1.53. The molecule has 2 aromatic heterocycles. The number of anilines is 2. The van der Waals surface area contributed by atoms with Gasteiger partial charge in [-0.15, -0.1) is 5.10 Å². The second-order valence-corrected chi connectivity index (χ2v) is 11.1. The van der Waals surface area contributed by atoms with Crippen LogP contribution in [0, 0.1) is 12.8 Å². The molecule has 38 heavy (non-hydrogen) atoms. The first-order chi connectivity index (χ1) is 18.2. The average molecular weight is 549 g/mol. The van der Waals surface area contributed by atoms with E-state index < -0.39 is 11.7 Å². The van der Waals surface area contributed by atoms with Crippen molar-refractivity contribution in [2.24, 2.45) is 5.92 Å². The van der Waals surface area contributed by atoms with Crippen molar-refractivity contribution in [3.63, 3.8) is 0 Å². The van der Waals surface area contributed by atoms with E-state index >= 15 is 0 Å². The highest BCUT2D eigenvalue weighted by Gasteiger charge is 2.33. The zero-order valence-corrected chi connectivity index (χ0v) is 22.7. The molecule has 0 radical (unpaired) electrons. The Morgan fingerprint density at radius 3 is 2.55 bits per heavy atom. The van der Waals surface area contributed by atoms with Crippen LogP contribution in [0.15, 0.2) is 24.3 Å². The molecule has 2 fully saturated rings. The van der Waals surface area contributed by atoms with Crippen LogP contribution in [0.1, 0.15) is 40.9 Å². The Labute approximate surface area is 225 Å². The Bertz CT molecular complexity index is 1270. The number of nitrogen functional groups attached to an aromatic ring is 1. The fourth-order valence-electron chi connectivity index (χ4n) is 5.49. The van der Waals surface area contributed by atoms with Crippen molar-refractivity contribution in [2.75, 3.05) is 62.0 Å². The lowest BCUT2D eigenvalue weighted by Gasteiger charge is -2.31. The summed E-state index contributed by atoms with van der Waals surface area (Å²) in [5.41, 5.74) is 9.39. The molecule has 2 aliphatic heterocycles. The van der Waals surface area contributed by atoms with E-state index in [2.05, 4.69) is 16.1 Å². The van der Waals surface area contributed by atoms with Gasteiger partial charge in [0.2, 0.25) is 0 Å². The molecule has 2 N–H and O–H groups in total. The highest BCUT2D eigenvalue weighted by molar-refractivity contribution is 7.98. The maximum absolute atomic E-state index is 13.7. The maximum Gasteiger partial charge on any atom is 0.416 e. The number of nitrogens with two attached hydrogens (primary N) is 1. The minimum Gasteiger partial charge on any atom is -0.396 e. The smallest absolute Gasteiger partial charge is 0.396 e. The summed E-state index contributed by atoms with van der Waals surface area (Å²) in [6.45, 7) is 6.73. The molecular weight excluding hydrogens is 513 g/mol. The fraction of sp³-hybridized carbons (Fsp3) is 0.556. The molecule has 0 bridgehead atoms. The van der Waals surface area contributed by atoms with Gasteiger partial charge < -0.3 is 15.4 Å². The van der Waals surface area contributed by atoms with E-state index in [1.807, 2.05) is 17.8 Å². The quantitative estimate of drug-likeness (QED) is 0.461. The molecule has 0 amide bonds. The summed E-state index contributed by atoms with van der Waals surface area (Å²) in [5, 5.41) is 4.91. The molecule has 7 nitrogen and oxygen atoms in total. The van der Waals surface area contributed by atoms with E-state index in [1.54, 1.807) is 17.5 Å². The number of hydrogen-bond donors (Lipinski definition) is 1. The number of alkyl halides is 3. The third kappa shape index (κ3) is 5.74. The standard InChI is InChI=1S/C27H35F3N6OS/c1-18-20(4-3-5-21(18)27(28,29)30)14-24-23(16-34-8-6-19(7-9-34)17-38-2)32-26-22(31)15-25(33-36(24)26)35-10-12-37-13-11-35/h3-5,15,19H,6-14,16-17,31H2,1-2H3. The number of imidazole rings is 1. The van der Waals surface area contributed by atoms with Gasteiger partial charge in [0.1, 0.15) is 0 Å². The van der Waals surface area contributed by atoms with Crippen LogP contribution in [0.3, 0.4) is 0 Å². The second-order valence-electron chi connectivity index (χ2n) is 10.2. The highest BCUT2D eigenvalue weighted by Crippen LogP contribution is 2.34. The molecule has 0 atom stereocenters. The number of halogens is 3. The number of morpholine rings is 1. The van der Waals surface area contributed by atoms with Crippen LogP contribution in [-0.4, -0.2) is 70.9 Å². The SMILES string of the molecule is CSCC1CCN(Cc2nc3c(N)cc(N4CCOCC4)nn3c2Cc2cccc(C(F)(F)F)c2C)CC1. The number of ether oxygens (including phenoxy) is 1. The number of rotatable bonds is 7. The Morgan fingerprint density at radius 1 is 1.13 bits per heavy atom. The predicted molar refractivity (Wildman–Crippen MR) is 146 cm³/mol. The number of piperidine rings is 1. The van der Waals surface area contributed by atoms with Crippen LogP contribution < -0.4 is 10.6 Å². The lowest BCUT2D eigenvalue weighted by molar-refractivity contribution is -0.138. The molecule has 11 heteroatoms. The normalized spacial score (nSPS) is 18.0. The van der Waals surface area contributed by atoms with Crippen molar-refractivity contribution >= 4 is 28.9 Å². The van der Waals surface area contributed by atoms with Gasteiger partial charge in [-0.05, 0) is 68.0 Å². The number of aromatic nitrogens is 3. The van der Waals surface area contributed by atoms with Crippen molar-refractivity contribution in [3.8, 4) is 0 Å². The molecule has 0 aliphatic carbocycles. The first-order valence-corrected chi connectivity index (χ1v) is 14.5. The topological polar surface area (TPSA) is 71.9 Å². The van der Waals surface area contributed by atoms with Crippen LogP contribution in [0.4, 0.5) is 24.7 Å². The van der Waals surface area contributed by atoms with Crippen LogP contribution in [-0.2, 0) is 23.9 Å². The number of likely N-dealkylation sites (tertiary alicyclic amines) is 1. The average Bonchev–Trinajstić information content (AvgIpc) is 3.23. The molecular formula is C27H35F3N6OS. The van der Waals surface area contributed by atoms with Crippen LogP contribution >= 0.6 is 11.8 Å². The summed E-state index contributed by atoms with van der Waals surface area (Å²) in [4.78, 5) is 9.42. The van der Waals surface area contributed by atoms with Gasteiger partial charge in [-0.1, -0.05) is 12.1 Å². The van der Waals surface area contributed by atoms with Gasteiger partial charge in [0.25, 0.3) is 0 Å². The zero-order valence-electron chi connectivity index (χ0n) is 21.9. The van der Waals surface area contributed by atoms with E-state index in [0.29, 0.717) is 49.7 Å². The molecule has 206 valence electrons. The van der Waals surface area contributed by atoms with Crippen LogP contribution in [0.25, 0.3) is 5.65 Å². The number of hydrogen-bond acceptors (Lipinski definition) is 7. The molecule has 0 saturated carbocycles. The number of fused-ring (bicyclic) bond motifs is 1. The predicted octanol–water partition coefficient (Wildman–Crippen LogP) is 4.64. The minimum absolute atomic E-state index is 0.232. The fourth-order valence-corrected chi connectivity index (χ4v) is 6.30. The number of nitrogens with zero attached hydrogens (tertiary/aromatic N) is 5. The van der Waals surface area contributed by atoms with Gasteiger partial charge >= 0.3 is 6.18 Å². The first-order valence-electron chi connectivity index (χ1n) is 13.1. The molecule has 3 aromatic rings. The monoisotopic (exact) mass is 548 g/mol. The molecule has 0 spiro atoms. The largest absolute Gasteiger partial charge is 0.416 e. The Morgan fingerprint density at radius 2 is 1.87 bits per heavy atom. The third-order valence-electron chi connectivity index (χ3n) is 7.70. The zero-order chi connectivity index (χ0) is 26.9. The van der Waals surface area contributed by atoms with Gasteiger partial charge in [-0.25, -0.2) is 9.50 Å². The summed E-state index contributed by atoms with van der Waals surface area (Å²) < 4.78 is 48.3. The lowest BCUT2D eigenvalue weighted by atomic mass is 9.97. The van der Waals surface area contributed by atoms with Crippen molar-refractivity contribution in [2.45, 2.75) is 38.9 Å². The second kappa shape index (κ2) is 11.3. The first kappa shape index (κ1) is 27.1. The van der Waals surface area contributed by atoms with E-state index in [1.165, 1.54) is 11.8 Å². The van der Waals surface area contributed by atoms with Crippen molar-refractivity contribution in [3.05, 3.63) is 52.3 Å². The van der Waals surface area contributed by atoms with E-state index in [-0.39, 0.29) is 12.0 Å². The summed E-state index contributed by atoms with van der Waals surface area (Å²) in [7, 11) is 0. The molecule has 2 aliphatic rings. The summed E-state index contributed by atoms with van der Waals surface area (Å²) in [6, 6.07) is 6.22. The molecule has 4 heterocycles. The molecule has 0 unspecified atom stereocenters. The third-order valence-corrected chi connectivity index (χ3v) is 8.51.